The monoisotopic (exact) mass is 225 g/mol. The third-order valence-electron chi connectivity index (χ3n) is 2.47. The summed E-state index contributed by atoms with van der Waals surface area (Å²) in [6.45, 7) is 6.39. The molecule has 0 aliphatic rings. The fraction of sp³-hybridized carbons (Fsp3) is 0.636. The molecule has 2 unspecified atom stereocenters. The quantitative estimate of drug-likeness (QED) is 0.760. The zero-order valence-electron chi connectivity index (χ0n) is 9.99. The molecule has 1 aromatic heterocycles. The predicted molar refractivity (Wildman–Crippen MR) is 60.7 cm³/mol. The number of carbonyl (C=O) groups is 1. The van der Waals surface area contributed by atoms with Gasteiger partial charge in [0.25, 0.3) is 0 Å². The van der Waals surface area contributed by atoms with Crippen molar-refractivity contribution in [1.82, 2.24) is 15.8 Å². The van der Waals surface area contributed by atoms with Crippen LogP contribution in [0.4, 0.5) is 0 Å². The highest BCUT2D eigenvalue weighted by atomic mass is 16.5. The maximum absolute atomic E-state index is 11.7. The lowest BCUT2D eigenvalue weighted by molar-refractivity contribution is -0.123. The van der Waals surface area contributed by atoms with E-state index in [1.54, 1.807) is 6.07 Å². The van der Waals surface area contributed by atoms with Crippen LogP contribution in [0, 0.1) is 0 Å². The van der Waals surface area contributed by atoms with Gasteiger partial charge in [-0.1, -0.05) is 12.1 Å². The Morgan fingerprint density at radius 3 is 2.88 bits per heavy atom. The van der Waals surface area contributed by atoms with E-state index in [2.05, 4.69) is 15.8 Å². The predicted octanol–water partition coefficient (Wildman–Crippen LogP) is 1.07. The lowest BCUT2D eigenvalue weighted by Crippen LogP contribution is -2.45. The van der Waals surface area contributed by atoms with Gasteiger partial charge in [-0.25, -0.2) is 0 Å². The molecule has 0 radical (unpaired) electrons. The first-order valence-electron chi connectivity index (χ1n) is 5.56. The van der Waals surface area contributed by atoms with Gasteiger partial charge in [0.1, 0.15) is 6.26 Å². The van der Waals surface area contributed by atoms with E-state index in [9.17, 15) is 4.79 Å². The number of aromatic nitrogens is 1. The first-order valence-corrected chi connectivity index (χ1v) is 5.56. The maximum atomic E-state index is 11.7. The normalized spacial score (nSPS) is 14.4. The molecule has 0 aromatic carbocycles. The SMILES string of the molecule is CCC(C)NC(=O)C(C)NCc1ccon1. The molecule has 90 valence electrons. The van der Waals surface area contributed by atoms with Crippen molar-refractivity contribution in [3.05, 3.63) is 18.0 Å². The summed E-state index contributed by atoms with van der Waals surface area (Å²) < 4.78 is 4.70. The third kappa shape index (κ3) is 4.02. The standard InChI is InChI=1S/C11H19N3O2/c1-4-8(2)13-11(15)9(3)12-7-10-5-6-16-14-10/h5-6,8-9,12H,4,7H2,1-3H3,(H,13,15). The Kier molecular flexibility index (Phi) is 4.98. The van der Waals surface area contributed by atoms with Gasteiger partial charge in [0, 0.05) is 18.7 Å². The minimum absolute atomic E-state index is 0.0119. The maximum Gasteiger partial charge on any atom is 0.237 e. The van der Waals surface area contributed by atoms with Crippen LogP contribution in [0.15, 0.2) is 16.9 Å². The van der Waals surface area contributed by atoms with Gasteiger partial charge < -0.3 is 15.2 Å². The number of rotatable bonds is 6. The van der Waals surface area contributed by atoms with Gasteiger partial charge in [-0.3, -0.25) is 4.79 Å². The third-order valence-corrected chi connectivity index (χ3v) is 2.47. The van der Waals surface area contributed by atoms with Crippen LogP contribution in [0.1, 0.15) is 32.9 Å². The van der Waals surface area contributed by atoms with Crippen molar-refractivity contribution in [2.45, 2.75) is 45.8 Å². The largest absolute Gasteiger partial charge is 0.364 e. The Labute approximate surface area is 95.6 Å². The van der Waals surface area contributed by atoms with Crippen LogP contribution in [0.5, 0.6) is 0 Å². The van der Waals surface area contributed by atoms with E-state index in [0.717, 1.165) is 12.1 Å². The Bertz CT molecular complexity index is 311. The number of nitrogens with one attached hydrogen (secondary N) is 2. The molecule has 0 bridgehead atoms. The van der Waals surface area contributed by atoms with Crippen LogP contribution >= 0.6 is 0 Å². The summed E-state index contributed by atoms with van der Waals surface area (Å²) in [5, 5.41) is 9.75. The lowest BCUT2D eigenvalue weighted by Gasteiger charge is -2.16. The molecular weight excluding hydrogens is 206 g/mol. The molecule has 0 fully saturated rings. The summed E-state index contributed by atoms with van der Waals surface area (Å²) in [4.78, 5) is 11.7. The van der Waals surface area contributed by atoms with Crippen molar-refractivity contribution >= 4 is 5.91 Å². The average molecular weight is 225 g/mol. The highest BCUT2D eigenvalue weighted by Crippen LogP contribution is 1.95. The fourth-order valence-corrected chi connectivity index (χ4v) is 1.15. The second-order valence-corrected chi connectivity index (χ2v) is 3.91. The van der Waals surface area contributed by atoms with Gasteiger partial charge in [-0.05, 0) is 20.3 Å². The molecule has 1 heterocycles. The Morgan fingerprint density at radius 2 is 2.31 bits per heavy atom. The van der Waals surface area contributed by atoms with E-state index >= 15 is 0 Å². The van der Waals surface area contributed by atoms with Crippen molar-refractivity contribution in [3.8, 4) is 0 Å². The number of nitrogens with zero attached hydrogens (tertiary/aromatic N) is 1. The topological polar surface area (TPSA) is 67.2 Å². The molecule has 0 spiro atoms. The van der Waals surface area contributed by atoms with Crippen molar-refractivity contribution in [2.75, 3.05) is 0 Å². The van der Waals surface area contributed by atoms with Gasteiger partial charge in [-0.15, -0.1) is 0 Å². The van der Waals surface area contributed by atoms with Crippen molar-refractivity contribution in [1.29, 1.82) is 0 Å². The molecule has 16 heavy (non-hydrogen) atoms. The minimum atomic E-state index is -0.231. The summed E-state index contributed by atoms with van der Waals surface area (Å²) in [5.41, 5.74) is 0.795. The van der Waals surface area contributed by atoms with Crippen molar-refractivity contribution < 1.29 is 9.32 Å². The first-order chi connectivity index (χ1) is 7.63. The van der Waals surface area contributed by atoms with Crippen LogP contribution in [-0.2, 0) is 11.3 Å². The number of amides is 1. The fourth-order valence-electron chi connectivity index (χ4n) is 1.15. The molecule has 2 atom stereocenters. The van der Waals surface area contributed by atoms with Gasteiger partial charge in [0.2, 0.25) is 5.91 Å². The van der Waals surface area contributed by atoms with Gasteiger partial charge >= 0.3 is 0 Å². The van der Waals surface area contributed by atoms with Crippen LogP contribution in [0.25, 0.3) is 0 Å². The molecule has 5 heteroatoms. The highest BCUT2D eigenvalue weighted by molar-refractivity contribution is 5.81. The lowest BCUT2D eigenvalue weighted by atomic mass is 10.2. The molecular formula is C11H19N3O2. The van der Waals surface area contributed by atoms with Gasteiger partial charge in [0.05, 0.1) is 11.7 Å². The van der Waals surface area contributed by atoms with Crippen molar-refractivity contribution in [3.63, 3.8) is 0 Å². The summed E-state index contributed by atoms with van der Waals surface area (Å²) in [6, 6.07) is 1.75. The summed E-state index contributed by atoms with van der Waals surface area (Å²) in [5.74, 6) is 0.0119. The van der Waals surface area contributed by atoms with Crippen molar-refractivity contribution in [2.24, 2.45) is 0 Å². The van der Waals surface area contributed by atoms with Crippen LogP contribution in [0.2, 0.25) is 0 Å². The molecule has 1 rings (SSSR count). The molecule has 0 aliphatic carbocycles. The molecule has 0 saturated heterocycles. The molecule has 0 aliphatic heterocycles. The van der Waals surface area contributed by atoms with E-state index in [0.29, 0.717) is 6.54 Å². The second kappa shape index (κ2) is 6.27. The van der Waals surface area contributed by atoms with E-state index in [-0.39, 0.29) is 18.0 Å². The van der Waals surface area contributed by atoms with Crippen LogP contribution < -0.4 is 10.6 Å². The van der Waals surface area contributed by atoms with E-state index < -0.39 is 0 Å². The number of hydrogen-bond acceptors (Lipinski definition) is 4. The molecule has 1 aromatic rings. The first kappa shape index (κ1) is 12.7. The van der Waals surface area contributed by atoms with E-state index in [4.69, 9.17) is 4.52 Å². The van der Waals surface area contributed by atoms with Gasteiger partial charge in [-0.2, -0.15) is 0 Å². The average Bonchev–Trinajstić information content (AvgIpc) is 2.78. The molecule has 0 saturated carbocycles. The van der Waals surface area contributed by atoms with Crippen LogP contribution in [-0.4, -0.2) is 23.1 Å². The summed E-state index contributed by atoms with van der Waals surface area (Å²) in [7, 11) is 0. The minimum Gasteiger partial charge on any atom is -0.364 e. The van der Waals surface area contributed by atoms with E-state index in [1.165, 1.54) is 6.26 Å². The second-order valence-electron chi connectivity index (χ2n) is 3.91. The Morgan fingerprint density at radius 1 is 1.56 bits per heavy atom. The zero-order valence-corrected chi connectivity index (χ0v) is 9.99. The van der Waals surface area contributed by atoms with Crippen LogP contribution in [0.3, 0.4) is 0 Å². The summed E-state index contributed by atoms with van der Waals surface area (Å²) in [6.07, 6.45) is 2.45. The summed E-state index contributed by atoms with van der Waals surface area (Å²) >= 11 is 0. The molecule has 5 nitrogen and oxygen atoms in total. The number of carbonyl (C=O) groups excluding carboxylic acids is 1. The Hall–Kier alpha value is -1.36. The van der Waals surface area contributed by atoms with E-state index in [1.807, 2.05) is 20.8 Å². The smallest absolute Gasteiger partial charge is 0.237 e. The van der Waals surface area contributed by atoms with Gasteiger partial charge in [0.15, 0.2) is 0 Å². The highest BCUT2D eigenvalue weighted by Gasteiger charge is 2.13. The number of hydrogen-bond donors (Lipinski definition) is 2. The zero-order chi connectivity index (χ0) is 12.0. The molecule has 1 amide bonds. The Balaban J connectivity index is 2.29. The molecule has 2 N–H and O–H groups in total.